The second kappa shape index (κ2) is 8.57. The van der Waals surface area contributed by atoms with Gasteiger partial charge < -0.3 is 4.42 Å². The van der Waals surface area contributed by atoms with Crippen LogP contribution in [0.3, 0.4) is 0 Å². The third-order valence-electron chi connectivity index (χ3n) is 7.20. The smallest absolute Gasteiger partial charge is 0.164 e. The van der Waals surface area contributed by atoms with E-state index < -0.39 is 0 Å². The molecule has 0 bridgehead atoms. The van der Waals surface area contributed by atoms with Gasteiger partial charge in [-0.1, -0.05) is 91.0 Å². The quantitative estimate of drug-likeness (QED) is 0.243. The summed E-state index contributed by atoms with van der Waals surface area (Å²) >= 11 is 0. The van der Waals surface area contributed by atoms with Crippen molar-refractivity contribution in [2.75, 3.05) is 0 Å². The molecule has 0 saturated carbocycles. The maximum Gasteiger partial charge on any atom is 0.164 e. The Morgan fingerprint density at radius 2 is 1.21 bits per heavy atom. The lowest BCUT2D eigenvalue weighted by molar-refractivity contribution is 0.667. The Kier molecular flexibility index (Phi) is 4.76. The molecule has 0 fully saturated rings. The van der Waals surface area contributed by atoms with Gasteiger partial charge in [0.2, 0.25) is 0 Å². The first-order valence-corrected chi connectivity index (χ1v) is 12.8. The van der Waals surface area contributed by atoms with Gasteiger partial charge in [-0.15, -0.1) is 0 Å². The third kappa shape index (κ3) is 3.55. The summed E-state index contributed by atoms with van der Waals surface area (Å²) in [7, 11) is 0. The molecule has 3 heterocycles. The molecule has 0 saturated heterocycles. The van der Waals surface area contributed by atoms with Crippen molar-refractivity contribution < 1.29 is 4.42 Å². The molecule has 8 rings (SSSR count). The Balaban J connectivity index is 1.43. The van der Waals surface area contributed by atoms with Crippen molar-refractivity contribution in [3.8, 4) is 34.2 Å². The van der Waals surface area contributed by atoms with E-state index >= 15 is 0 Å². The highest BCUT2D eigenvalue weighted by atomic mass is 16.3. The number of benzene rings is 5. The van der Waals surface area contributed by atoms with Gasteiger partial charge in [0.05, 0.1) is 6.20 Å². The van der Waals surface area contributed by atoms with E-state index in [1.165, 1.54) is 5.39 Å². The second-order valence-corrected chi connectivity index (χ2v) is 9.55. The lowest BCUT2D eigenvalue weighted by Gasteiger charge is -2.11. The summed E-state index contributed by atoms with van der Waals surface area (Å²) < 4.78 is 6.27. The summed E-state index contributed by atoms with van der Waals surface area (Å²) in [6.07, 6.45) is 3.56. The first kappa shape index (κ1) is 21.6. The summed E-state index contributed by atoms with van der Waals surface area (Å²) in [5.74, 6) is 1.85. The maximum atomic E-state index is 6.27. The van der Waals surface area contributed by atoms with Crippen LogP contribution in [-0.2, 0) is 0 Å². The van der Waals surface area contributed by atoms with Gasteiger partial charge in [-0.2, -0.15) is 0 Å². The van der Waals surface area contributed by atoms with Crippen LogP contribution in [0, 0.1) is 0 Å². The maximum absolute atomic E-state index is 6.27. The van der Waals surface area contributed by atoms with Gasteiger partial charge >= 0.3 is 0 Å². The fourth-order valence-electron chi connectivity index (χ4n) is 5.35. The van der Waals surface area contributed by atoms with Crippen LogP contribution in [0.5, 0.6) is 0 Å². The van der Waals surface area contributed by atoms with Crippen LogP contribution in [0.4, 0.5) is 0 Å². The largest absolute Gasteiger partial charge is 0.454 e. The molecule has 5 heteroatoms. The average Bonchev–Trinajstić information content (AvgIpc) is 3.39. The van der Waals surface area contributed by atoms with Crippen molar-refractivity contribution in [3.63, 3.8) is 0 Å². The van der Waals surface area contributed by atoms with Crippen LogP contribution in [0.1, 0.15) is 0 Å². The van der Waals surface area contributed by atoms with E-state index in [9.17, 15) is 0 Å². The van der Waals surface area contributed by atoms with Crippen LogP contribution in [0.25, 0.3) is 77.6 Å². The number of rotatable bonds is 3. The molecule has 5 nitrogen and oxygen atoms in total. The molecule has 0 aliphatic carbocycles. The molecule has 0 radical (unpaired) electrons. The predicted octanol–water partition coefficient (Wildman–Crippen LogP) is 8.47. The lowest BCUT2D eigenvalue weighted by Crippen LogP contribution is -2.00. The predicted molar refractivity (Wildman–Crippen MR) is 156 cm³/mol. The zero-order chi connectivity index (χ0) is 25.8. The fourth-order valence-corrected chi connectivity index (χ4v) is 5.35. The number of aromatic nitrogens is 4. The Bertz CT molecular complexity index is 2180. The van der Waals surface area contributed by atoms with Gasteiger partial charge in [0, 0.05) is 33.7 Å². The molecule has 8 aromatic rings. The van der Waals surface area contributed by atoms with E-state index in [1.54, 1.807) is 12.4 Å². The summed E-state index contributed by atoms with van der Waals surface area (Å²) in [4.78, 5) is 19.2. The number of fused-ring (bicyclic) bond motifs is 6. The lowest BCUT2D eigenvalue weighted by atomic mass is 9.99. The van der Waals surface area contributed by atoms with E-state index in [0.717, 1.165) is 54.8 Å². The van der Waals surface area contributed by atoms with E-state index in [4.69, 9.17) is 19.4 Å². The normalized spacial score (nSPS) is 11.6. The van der Waals surface area contributed by atoms with Gasteiger partial charge in [-0.25, -0.2) is 15.0 Å². The number of hydrogen-bond acceptors (Lipinski definition) is 5. The average molecular weight is 501 g/mol. The van der Waals surface area contributed by atoms with Crippen molar-refractivity contribution in [2.24, 2.45) is 0 Å². The highest BCUT2D eigenvalue weighted by Gasteiger charge is 2.18. The number of nitrogens with zero attached hydrogens (tertiary/aromatic N) is 4. The third-order valence-corrected chi connectivity index (χ3v) is 7.20. The summed E-state index contributed by atoms with van der Waals surface area (Å²) in [6, 6.07) is 37.1. The van der Waals surface area contributed by atoms with E-state index in [-0.39, 0.29) is 0 Å². The molecule has 0 unspecified atom stereocenters. The van der Waals surface area contributed by atoms with Crippen molar-refractivity contribution in [3.05, 3.63) is 122 Å². The van der Waals surface area contributed by atoms with Crippen molar-refractivity contribution in [2.45, 2.75) is 0 Å². The van der Waals surface area contributed by atoms with Crippen LogP contribution in [0.15, 0.2) is 126 Å². The second-order valence-electron chi connectivity index (χ2n) is 9.55. The molecule has 0 aliphatic heterocycles. The van der Waals surface area contributed by atoms with Crippen molar-refractivity contribution in [1.82, 2.24) is 19.9 Å². The van der Waals surface area contributed by atoms with E-state index in [1.807, 2.05) is 60.7 Å². The van der Waals surface area contributed by atoms with E-state index in [2.05, 4.69) is 53.5 Å². The molecule has 39 heavy (non-hydrogen) atoms. The van der Waals surface area contributed by atoms with Gasteiger partial charge in [0.15, 0.2) is 23.1 Å². The molecule has 3 aromatic heterocycles. The first-order chi connectivity index (χ1) is 19.3. The molecule has 0 atom stereocenters. The fraction of sp³-hybridized carbons (Fsp3) is 0. The van der Waals surface area contributed by atoms with E-state index in [0.29, 0.717) is 17.5 Å². The molecular formula is C34H20N4O. The van der Waals surface area contributed by atoms with Crippen LogP contribution >= 0.6 is 0 Å². The minimum Gasteiger partial charge on any atom is -0.454 e. The van der Waals surface area contributed by atoms with Crippen LogP contribution in [-0.4, -0.2) is 19.9 Å². The minimum absolute atomic E-state index is 0.601. The Hall–Kier alpha value is -5.42. The Morgan fingerprint density at radius 1 is 0.487 bits per heavy atom. The highest BCUT2D eigenvalue weighted by molar-refractivity contribution is 6.21. The van der Waals surface area contributed by atoms with Gasteiger partial charge in [-0.3, -0.25) is 4.98 Å². The van der Waals surface area contributed by atoms with Gasteiger partial charge in [0.1, 0.15) is 5.58 Å². The van der Waals surface area contributed by atoms with Crippen molar-refractivity contribution >= 4 is 43.5 Å². The van der Waals surface area contributed by atoms with Crippen molar-refractivity contribution in [1.29, 1.82) is 0 Å². The molecule has 0 amide bonds. The highest BCUT2D eigenvalue weighted by Crippen LogP contribution is 2.39. The molecular weight excluding hydrogens is 480 g/mol. The van der Waals surface area contributed by atoms with Gasteiger partial charge in [-0.05, 0) is 39.7 Å². The monoisotopic (exact) mass is 500 g/mol. The SMILES string of the molecule is c1ccc(-c2nc(-c3ccc4ccccc4c3)nc(-c3cc4oc5cnccc5c4c4ccccc34)n2)cc1. The number of furan rings is 1. The molecule has 0 aliphatic rings. The topological polar surface area (TPSA) is 64.7 Å². The summed E-state index contributed by atoms with van der Waals surface area (Å²) in [5.41, 5.74) is 4.30. The summed E-state index contributed by atoms with van der Waals surface area (Å²) in [5, 5.41) is 6.57. The zero-order valence-electron chi connectivity index (χ0n) is 20.7. The zero-order valence-corrected chi connectivity index (χ0v) is 20.7. The standard InChI is InChI=1S/C34H20N4O/c1-2-9-22(10-3-1)32-36-33(24-15-14-21-8-4-5-11-23(21)18-24)38-34(37-32)28-19-29-31(26-13-7-6-12-25(26)28)27-16-17-35-20-30(27)39-29/h1-20H. The van der Waals surface area contributed by atoms with Crippen LogP contribution in [0.2, 0.25) is 0 Å². The Labute approximate surface area is 223 Å². The molecule has 182 valence electrons. The van der Waals surface area contributed by atoms with Crippen LogP contribution < -0.4 is 0 Å². The number of hydrogen-bond donors (Lipinski definition) is 0. The Morgan fingerprint density at radius 3 is 2.08 bits per heavy atom. The minimum atomic E-state index is 0.601. The molecule has 0 N–H and O–H groups in total. The number of pyridine rings is 1. The molecule has 5 aromatic carbocycles. The summed E-state index contributed by atoms with van der Waals surface area (Å²) in [6.45, 7) is 0. The molecule has 0 spiro atoms. The first-order valence-electron chi connectivity index (χ1n) is 12.8. The van der Waals surface area contributed by atoms with Gasteiger partial charge in [0.25, 0.3) is 0 Å².